The maximum atomic E-state index is 12.6. The number of nitrogens with one attached hydrogen (secondary N) is 1. The summed E-state index contributed by atoms with van der Waals surface area (Å²) in [6, 6.07) is 14.7. The van der Waals surface area contributed by atoms with Crippen molar-refractivity contribution < 1.29 is 4.79 Å². The number of para-hydroxylation sites is 1. The number of hydrogen-bond donors (Lipinski definition) is 1. The summed E-state index contributed by atoms with van der Waals surface area (Å²) in [5.41, 5.74) is 5.74. The second-order valence-corrected chi connectivity index (χ2v) is 6.87. The molecule has 0 fully saturated rings. The number of aryl methyl sites for hydroxylation is 2. The zero-order valence-corrected chi connectivity index (χ0v) is 16.1. The summed E-state index contributed by atoms with van der Waals surface area (Å²) < 4.78 is 0. The molecule has 0 saturated heterocycles. The van der Waals surface area contributed by atoms with E-state index in [9.17, 15) is 4.79 Å². The third-order valence-corrected chi connectivity index (χ3v) is 5.15. The van der Waals surface area contributed by atoms with Crippen LogP contribution in [0.25, 0.3) is 0 Å². The summed E-state index contributed by atoms with van der Waals surface area (Å²) >= 11 is 0. The summed E-state index contributed by atoms with van der Waals surface area (Å²) in [5, 5.41) is 3.09. The van der Waals surface area contributed by atoms with Crippen molar-refractivity contribution >= 4 is 23.0 Å². The number of rotatable bonds is 6. The monoisotopic (exact) mass is 351 g/mol. The zero-order chi connectivity index (χ0) is 18.5. The van der Waals surface area contributed by atoms with Gasteiger partial charge < -0.3 is 15.1 Å². The highest BCUT2D eigenvalue weighted by molar-refractivity contribution is 5.95. The van der Waals surface area contributed by atoms with Crippen molar-refractivity contribution in [2.24, 2.45) is 0 Å². The van der Waals surface area contributed by atoms with E-state index in [0.29, 0.717) is 6.54 Å². The van der Waals surface area contributed by atoms with Crippen LogP contribution in [0.1, 0.15) is 31.4 Å². The van der Waals surface area contributed by atoms with E-state index >= 15 is 0 Å². The summed E-state index contributed by atoms with van der Waals surface area (Å²) in [6.45, 7) is 9.67. The lowest BCUT2D eigenvalue weighted by atomic mass is 10.0. The smallest absolute Gasteiger partial charge is 0.243 e. The lowest BCUT2D eigenvalue weighted by Gasteiger charge is -2.30. The highest BCUT2D eigenvalue weighted by Crippen LogP contribution is 2.27. The largest absolute Gasteiger partial charge is 0.372 e. The molecule has 2 aromatic rings. The Balaban J connectivity index is 1.67. The number of anilines is 3. The van der Waals surface area contributed by atoms with E-state index in [4.69, 9.17) is 0 Å². The van der Waals surface area contributed by atoms with Gasteiger partial charge in [-0.05, 0) is 69.0 Å². The van der Waals surface area contributed by atoms with Gasteiger partial charge in [-0.15, -0.1) is 0 Å². The van der Waals surface area contributed by atoms with E-state index in [1.165, 1.54) is 16.9 Å². The molecule has 1 N–H and O–H groups in total. The number of nitrogens with zero attached hydrogens (tertiary/aromatic N) is 2. The molecular weight excluding hydrogens is 322 g/mol. The van der Waals surface area contributed by atoms with Crippen LogP contribution in [0.3, 0.4) is 0 Å². The van der Waals surface area contributed by atoms with Crippen LogP contribution in [0.2, 0.25) is 0 Å². The van der Waals surface area contributed by atoms with Gasteiger partial charge in [-0.3, -0.25) is 4.79 Å². The topological polar surface area (TPSA) is 35.6 Å². The van der Waals surface area contributed by atoms with Gasteiger partial charge in [0.05, 0.1) is 6.54 Å². The van der Waals surface area contributed by atoms with Crippen molar-refractivity contribution in [3.8, 4) is 0 Å². The molecular formula is C22H29N3O. The van der Waals surface area contributed by atoms with Crippen LogP contribution in [0.15, 0.2) is 42.5 Å². The van der Waals surface area contributed by atoms with Gasteiger partial charge in [0.15, 0.2) is 0 Å². The highest BCUT2D eigenvalue weighted by Gasteiger charge is 2.19. The SMILES string of the molecule is CCN(CC)c1ccc(NC(=O)CN2CCCc3ccccc32)c(C)c1. The standard InChI is InChI=1S/C22H29N3O/c1-4-24(5-2)19-12-13-20(17(3)15-19)23-22(26)16-25-14-8-10-18-9-6-7-11-21(18)25/h6-7,9,11-13,15H,4-5,8,10,14,16H2,1-3H3,(H,23,26). The Labute approximate surface area is 156 Å². The predicted molar refractivity (Wildman–Crippen MR) is 110 cm³/mol. The molecule has 0 atom stereocenters. The van der Waals surface area contributed by atoms with Crippen molar-refractivity contribution in [2.45, 2.75) is 33.6 Å². The average Bonchev–Trinajstić information content (AvgIpc) is 2.65. The third-order valence-electron chi connectivity index (χ3n) is 5.15. The van der Waals surface area contributed by atoms with Crippen molar-refractivity contribution in [2.75, 3.05) is 41.3 Å². The van der Waals surface area contributed by atoms with Crippen LogP contribution >= 0.6 is 0 Å². The fourth-order valence-corrected chi connectivity index (χ4v) is 3.71. The minimum atomic E-state index is 0.0420. The average molecular weight is 351 g/mol. The van der Waals surface area contributed by atoms with Gasteiger partial charge in [0, 0.05) is 36.7 Å². The number of carbonyl (C=O) groups is 1. The van der Waals surface area contributed by atoms with Crippen LogP contribution in [0, 0.1) is 6.92 Å². The van der Waals surface area contributed by atoms with Crippen LogP contribution in [0.4, 0.5) is 17.1 Å². The molecule has 0 aliphatic carbocycles. The van der Waals surface area contributed by atoms with E-state index in [1.807, 2.05) is 12.1 Å². The molecule has 0 radical (unpaired) electrons. The molecule has 4 heteroatoms. The molecule has 0 bridgehead atoms. The third kappa shape index (κ3) is 4.01. The lowest BCUT2D eigenvalue weighted by Crippen LogP contribution is -2.36. The molecule has 26 heavy (non-hydrogen) atoms. The summed E-state index contributed by atoms with van der Waals surface area (Å²) in [4.78, 5) is 17.1. The molecule has 1 aliphatic heterocycles. The zero-order valence-electron chi connectivity index (χ0n) is 16.1. The molecule has 0 aromatic heterocycles. The van der Waals surface area contributed by atoms with Gasteiger partial charge >= 0.3 is 0 Å². The minimum Gasteiger partial charge on any atom is -0.372 e. The van der Waals surface area contributed by atoms with Crippen molar-refractivity contribution in [3.63, 3.8) is 0 Å². The molecule has 138 valence electrons. The van der Waals surface area contributed by atoms with Crippen LogP contribution in [-0.2, 0) is 11.2 Å². The Bertz CT molecular complexity index is 768. The second-order valence-electron chi connectivity index (χ2n) is 6.87. The first-order chi connectivity index (χ1) is 12.6. The number of carbonyl (C=O) groups excluding carboxylic acids is 1. The molecule has 0 unspecified atom stereocenters. The molecule has 1 aliphatic rings. The Morgan fingerprint density at radius 3 is 2.65 bits per heavy atom. The van der Waals surface area contributed by atoms with Crippen LogP contribution in [-0.4, -0.2) is 32.1 Å². The van der Waals surface area contributed by atoms with Gasteiger partial charge in [0.1, 0.15) is 0 Å². The van der Waals surface area contributed by atoms with Gasteiger partial charge in [-0.2, -0.15) is 0 Å². The normalized spacial score (nSPS) is 13.3. The second kappa shape index (κ2) is 8.26. The lowest BCUT2D eigenvalue weighted by molar-refractivity contribution is -0.115. The fourth-order valence-electron chi connectivity index (χ4n) is 3.71. The number of benzene rings is 2. The first-order valence-electron chi connectivity index (χ1n) is 9.60. The summed E-state index contributed by atoms with van der Waals surface area (Å²) in [7, 11) is 0. The maximum Gasteiger partial charge on any atom is 0.243 e. The molecule has 2 aromatic carbocycles. The van der Waals surface area contributed by atoms with Crippen molar-refractivity contribution in [3.05, 3.63) is 53.6 Å². The van der Waals surface area contributed by atoms with Gasteiger partial charge in [0.25, 0.3) is 0 Å². The molecule has 0 spiro atoms. The first-order valence-corrected chi connectivity index (χ1v) is 9.60. The molecule has 3 rings (SSSR count). The summed E-state index contributed by atoms with van der Waals surface area (Å²) in [5.74, 6) is 0.0420. The minimum absolute atomic E-state index is 0.0420. The van der Waals surface area contributed by atoms with Crippen molar-refractivity contribution in [1.29, 1.82) is 0 Å². The fraction of sp³-hybridized carbons (Fsp3) is 0.409. The Morgan fingerprint density at radius 2 is 1.92 bits per heavy atom. The van der Waals surface area contributed by atoms with E-state index in [0.717, 1.165) is 43.7 Å². The van der Waals surface area contributed by atoms with E-state index in [2.05, 4.69) is 66.2 Å². The molecule has 1 heterocycles. The quantitative estimate of drug-likeness (QED) is 0.846. The highest BCUT2D eigenvalue weighted by atomic mass is 16.2. The Kier molecular flexibility index (Phi) is 5.82. The molecule has 4 nitrogen and oxygen atoms in total. The number of hydrogen-bond acceptors (Lipinski definition) is 3. The maximum absolute atomic E-state index is 12.6. The van der Waals surface area contributed by atoms with Crippen molar-refractivity contribution in [1.82, 2.24) is 0 Å². The Morgan fingerprint density at radius 1 is 1.15 bits per heavy atom. The van der Waals surface area contributed by atoms with E-state index in [-0.39, 0.29) is 5.91 Å². The van der Waals surface area contributed by atoms with Crippen LogP contribution < -0.4 is 15.1 Å². The van der Waals surface area contributed by atoms with Gasteiger partial charge in [-0.1, -0.05) is 18.2 Å². The Hall–Kier alpha value is -2.49. The van der Waals surface area contributed by atoms with E-state index in [1.54, 1.807) is 0 Å². The summed E-state index contributed by atoms with van der Waals surface area (Å²) in [6.07, 6.45) is 2.20. The predicted octanol–water partition coefficient (Wildman–Crippen LogP) is 4.23. The number of fused-ring (bicyclic) bond motifs is 1. The number of amides is 1. The molecule has 0 saturated carbocycles. The van der Waals surface area contributed by atoms with Gasteiger partial charge in [0.2, 0.25) is 5.91 Å². The van der Waals surface area contributed by atoms with Gasteiger partial charge in [-0.25, -0.2) is 0 Å². The van der Waals surface area contributed by atoms with E-state index < -0.39 is 0 Å². The first kappa shape index (κ1) is 18.3. The molecule has 1 amide bonds. The van der Waals surface area contributed by atoms with Crippen LogP contribution in [0.5, 0.6) is 0 Å².